The molecule has 3 aromatic rings. The SMILES string of the molecule is O=C(O)Cc1cnccc1-c1ccc2[nH]ncc2c1. The number of carboxylic acids is 1. The molecule has 0 saturated heterocycles. The quantitative estimate of drug-likeness (QED) is 0.750. The zero-order valence-electron chi connectivity index (χ0n) is 10.00. The number of carbonyl (C=O) groups is 1. The Morgan fingerprint density at radius 3 is 3.00 bits per heavy atom. The highest BCUT2D eigenvalue weighted by atomic mass is 16.4. The average molecular weight is 253 g/mol. The number of hydrogen-bond acceptors (Lipinski definition) is 3. The number of benzene rings is 1. The fourth-order valence-corrected chi connectivity index (χ4v) is 2.12. The topological polar surface area (TPSA) is 78.9 Å². The third-order valence-electron chi connectivity index (χ3n) is 3.00. The first-order chi connectivity index (χ1) is 9.24. The van der Waals surface area contributed by atoms with E-state index in [1.807, 2.05) is 24.3 Å². The first-order valence-corrected chi connectivity index (χ1v) is 5.82. The number of pyridine rings is 1. The van der Waals surface area contributed by atoms with Crippen LogP contribution < -0.4 is 0 Å². The molecule has 0 saturated carbocycles. The summed E-state index contributed by atoms with van der Waals surface area (Å²) >= 11 is 0. The molecule has 0 aliphatic rings. The van der Waals surface area contributed by atoms with Gasteiger partial charge in [0.1, 0.15) is 0 Å². The van der Waals surface area contributed by atoms with Crippen LogP contribution in [0.25, 0.3) is 22.0 Å². The van der Waals surface area contributed by atoms with Gasteiger partial charge in [0.25, 0.3) is 0 Å². The van der Waals surface area contributed by atoms with Gasteiger partial charge in [-0.25, -0.2) is 0 Å². The Kier molecular flexibility index (Phi) is 2.72. The van der Waals surface area contributed by atoms with Crippen LogP contribution in [0.15, 0.2) is 42.9 Å². The minimum atomic E-state index is -0.862. The number of carboxylic acid groups (broad SMARTS) is 1. The van der Waals surface area contributed by atoms with Crippen molar-refractivity contribution >= 4 is 16.9 Å². The molecule has 5 nitrogen and oxygen atoms in total. The van der Waals surface area contributed by atoms with Crippen molar-refractivity contribution in [3.8, 4) is 11.1 Å². The van der Waals surface area contributed by atoms with Crippen molar-refractivity contribution in [1.82, 2.24) is 15.2 Å². The minimum Gasteiger partial charge on any atom is -0.481 e. The normalized spacial score (nSPS) is 10.7. The van der Waals surface area contributed by atoms with Crippen LogP contribution in [0.3, 0.4) is 0 Å². The minimum absolute atomic E-state index is 0.0351. The summed E-state index contributed by atoms with van der Waals surface area (Å²) in [5.74, 6) is -0.862. The number of H-pyrrole nitrogens is 1. The monoisotopic (exact) mass is 253 g/mol. The fraction of sp³-hybridized carbons (Fsp3) is 0.0714. The second kappa shape index (κ2) is 4.53. The Labute approximate surface area is 108 Å². The van der Waals surface area contributed by atoms with Gasteiger partial charge >= 0.3 is 5.97 Å². The summed E-state index contributed by atoms with van der Waals surface area (Å²) in [4.78, 5) is 14.9. The summed E-state index contributed by atoms with van der Waals surface area (Å²) in [6, 6.07) is 7.70. The van der Waals surface area contributed by atoms with Gasteiger partial charge in [-0.05, 0) is 34.9 Å². The predicted molar refractivity (Wildman–Crippen MR) is 70.7 cm³/mol. The molecule has 0 amide bonds. The largest absolute Gasteiger partial charge is 0.481 e. The maximum absolute atomic E-state index is 10.9. The van der Waals surface area contributed by atoms with E-state index in [4.69, 9.17) is 5.11 Å². The molecule has 94 valence electrons. The highest BCUT2D eigenvalue weighted by molar-refractivity contribution is 5.85. The predicted octanol–water partition coefficient (Wildman–Crippen LogP) is 2.25. The van der Waals surface area contributed by atoms with E-state index in [2.05, 4.69) is 15.2 Å². The maximum Gasteiger partial charge on any atom is 0.307 e. The third-order valence-corrected chi connectivity index (χ3v) is 3.00. The number of nitrogens with one attached hydrogen (secondary N) is 1. The number of aliphatic carboxylic acids is 1. The van der Waals surface area contributed by atoms with Gasteiger partial charge in [-0.1, -0.05) is 6.07 Å². The lowest BCUT2D eigenvalue weighted by Crippen LogP contribution is -2.02. The molecule has 2 N–H and O–H groups in total. The van der Waals surface area contributed by atoms with E-state index in [9.17, 15) is 4.79 Å². The summed E-state index contributed by atoms with van der Waals surface area (Å²) in [6.45, 7) is 0. The molecule has 0 spiro atoms. The molecule has 2 heterocycles. The zero-order valence-corrected chi connectivity index (χ0v) is 10.00. The summed E-state index contributed by atoms with van der Waals surface area (Å²) in [5, 5.41) is 16.8. The van der Waals surface area contributed by atoms with Crippen molar-refractivity contribution in [3.05, 3.63) is 48.4 Å². The Hall–Kier alpha value is -2.69. The van der Waals surface area contributed by atoms with E-state index in [0.29, 0.717) is 5.56 Å². The molecule has 19 heavy (non-hydrogen) atoms. The van der Waals surface area contributed by atoms with Crippen LogP contribution in [0.5, 0.6) is 0 Å². The smallest absolute Gasteiger partial charge is 0.307 e. The molecule has 0 aliphatic carbocycles. The summed E-state index contributed by atoms with van der Waals surface area (Å²) < 4.78 is 0. The summed E-state index contributed by atoms with van der Waals surface area (Å²) in [5.41, 5.74) is 3.52. The fourth-order valence-electron chi connectivity index (χ4n) is 2.12. The van der Waals surface area contributed by atoms with Crippen LogP contribution in [-0.4, -0.2) is 26.3 Å². The zero-order chi connectivity index (χ0) is 13.2. The molecule has 3 rings (SSSR count). The van der Waals surface area contributed by atoms with Crippen LogP contribution in [0.4, 0.5) is 0 Å². The first kappa shape index (κ1) is 11.4. The maximum atomic E-state index is 10.9. The molecule has 1 aromatic carbocycles. The number of nitrogens with zero attached hydrogens (tertiary/aromatic N) is 2. The summed E-state index contributed by atoms with van der Waals surface area (Å²) in [6.07, 6.45) is 4.98. The summed E-state index contributed by atoms with van der Waals surface area (Å²) in [7, 11) is 0. The Morgan fingerprint density at radius 2 is 2.16 bits per heavy atom. The number of fused-ring (bicyclic) bond motifs is 1. The van der Waals surface area contributed by atoms with Gasteiger partial charge in [0.15, 0.2) is 0 Å². The standard InChI is InChI=1S/C14H11N3O2/c18-14(19)6-10-7-15-4-3-12(10)9-1-2-13-11(5-9)8-16-17-13/h1-5,7-8H,6H2,(H,16,17)(H,18,19). The lowest BCUT2D eigenvalue weighted by Gasteiger charge is -2.07. The molecule has 0 aliphatic heterocycles. The van der Waals surface area contributed by atoms with Crippen LogP contribution >= 0.6 is 0 Å². The van der Waals surface area contributed by atoms with Gasteiger partial charge < -0.3 is 5.11 Å². The van der Waals surface area contributed by atoms with Gasteiger partial charge in [-0.3, -0.25) is 14.9 Å². The Balaban J connectivity index is 2.12. The molecule has 0 atom stereocenters. The van der Waals surface area contributed by atoms with Crippen LogP contribution in [0.2, 0.25) is 0 Å². The van der Waals surface area contributed by atoms with Crippen molar-refractivity contribution in [2.45, 2.75) is 6.42 Å². The van der Waals surface area contributed by atoms with E-state index in [-0.39, 0.29) is 6.42 Å². The second-order valence-corrected chi connectivity index (χ2v) is 4.28. The van der Waals surface area contributed by atoms with Gasteiger partial charge in [-0.2, -0.15) is 5.10 Å². The van der Waals surface area contributed by atoms with Crippen molar-refractivity contribution < 1.29 is 9.90 Å². The van der Waals surface area contributed by atoms with Gasteiger partial charge in [0.2, 0.25) is 0 Å². The Morgan fingerprint density at radius 1 is 1.26 bits per heavy atom. The van der Waals surface area contributed by atoms with Crippen molar-refractivity contribution in [1.29, 1.82) is 0 Å². The molecule has 0 radical (unpaired) electrons. The lowest BCUT2D eigenvalue weighted by atomic mass is 9.99. The molecule has 5 heteroatoms. The van der Waals surface area contributed by atoms with Crippen LogP contribution in [-0.2, 0) is 11.2 Å². The van der Waals surface area contributed by atoms with Crippen LogP contribution in [0, 0.1) is 0 Å². The van der Waals surface area contributed by atoms with Gasteiger partial charge in [0, 0.05) is 17.8 Å². The van der Waals surface area contributed by atoms with Gasteiger partial charge in [0.05, 0.1) is 18.1 Å². The van der Waals surface area contributed by atoms with E-state index in [1.165, 1.54) is 0 Å². The number of hydrogen-bond donors (Lipinski definition) is 2. The molecule has 0 fully saturated rings. The average Bonchev–Trinajstić information content (AvgIpc) is 2.86. The van der Waals surface area contributed by atoms with Crippen molar-refractivity contribution in [3.63, 3.8) is 0 Å². The van der Waals surface area contributed by atoms with Crippen LogP contribution in [0.1, 0.15) is 5.56 Å². The number of aromatic amines is 1. The highest BCUT2D eigenvalue weighted by Gasteiger charge is 2.09. The molecule has 0 unspecified atom stereocenters. The molecular formula is C14H11N3O2. The second-order valence-electron chi connectivity index (χ2n) is 4.28. The molecule has 0 bridgehead atoms. The van der Waals surface area contributed by atoms with E-state index >= 15 is 0 Å². The Bertz CT molecular complexity index is 749. The number of rotatable bonds is 3. The van der Waals surface area contributed by atoms with E-state index < -0.39 is 5.97 Å². The van der Waals surface area contributed by atoms with E-state index in [1.54, 1.807) is 18.6 Å². The lowest BCUT2D eigenvalue weighted by molar-refractivity contribution is -0.136. The highest BCUT2D eigenvalue weighted by Crippen LogP contribution is 2.26. The van der Waals surface area contributed by atoms with Gasteiger partial charge in [-0.15, -0.1) is 0 Å². The molecular weight excluding hydrogens is 242 g/mol. The first-order valence-electron chi connectivity index (χ1n) is 5.82. The third kappa shape index (κ3) is 2.18. The number of aromatic nitrogens is 3. The van der Waals surface area contributed by atoms with Crippen molar-refractivity contribution in [2.24, 2.45) is 0 Å². The van der Waals surface area contributed by atoms with Crippen molar-refractivity contribution in [2.75, 3.05) is 0 Å². The molecule has 2 aromatic heterocycles. The van der Waals surface area contributed by atoms with E-state index in [0.717, 1.165) is 22.0 Å².